The predicted molar refractivity (Wildman–Crippen MR) is 147 cm³/mol. The maximum absolute atomic E-state index is 13.4. The van der Waals surface area contributed by atoms with Gasteiger partial charge < -0.3 is 20.7 Å². The first-order valence-electron chi connectivity index (χ1n) is 12.3. The van der Waals surface area contributed by atoms with E-state index >= 15 is 0 Å². The van der Waals surface area contributed by atoms with E-state index in [0.717, 1.165) is 19.3 Å². The molecule has 1 aromatic carbocycles. The Morgan fingerprint density at radius 1 is 1.05 bits per heavy atom. The number of para-hydroxylation sites is 1. The Morgan fingerprint density at radius 3 is 2.54 bits per heavy atom. The Labute approximate surface area is 226 Å². The summed E-state index contributed by atoms with van der Waals surface area (Å²) in [6.07, 6.45) is 8.15. The molecule has 0 saturated heterocycles. The van der Waals surface area contributed by atoms with Crippen LogP contribution in [0.1, 0.15) is 28.9 Å². The molecule has 0 spiro atoms. The molecule has 1 aliphatic carbocycles. The number of rotatable bonds is 7. The monoisotopic (exact) mass is 541 g/mol. The first-order valence-corrected chi connectivity index (χ1v) is 13.1. The van der Waals surface area contributed by atoms with Gasteiger partial charge in [0, 0.05) is 18.3 Å². The third-order valence-electron chi connectivity index (χ3n) is 6.59. The number of urea groups is 1. The van der Waals surface area contributed by atoms with Crippen molar-refractivity contribution in [3.05, 3.63) is 72.5 Å². The van der Waals surface area contributed by atoms with Gasteiger partial charge in [0.05, 0.1) is 29.2 Å². The van der Waals surface area contributed by atoms with Gasteiger partial charge in [-0.2, -0.15) is 0 Å². The molecule has 1 saturated carbocycles. The molecule has 4 amide bonds. The van der Waals surface area contributed by atoms with Crippen molar-refractivity contribution in [1.82, 2.24) is 25.6 Å². The molecule has 1 aliphatic heterocycles. The van der Waals surface area contributed by atoms with Crippen LogP contribution in [0.3, 0.4) is 0 Å². The van der Waals surface area contributed by atoms with E-state index in [2.05, 4.69) is 37.5 Å². The lowest BCUT2D eigenvalue weighted by Crippen LogP contribution is -2.48. The first-order chi connectivity index (χ1) is 19.0. The van der Waals surface area contributed by atoms with Crippen LogP contribution >= 0.6 is 11.3 Å². The molecule has 0 radical (unpaired) electrons. The van der Waals surface area contributed by atoms with Gasteiger partial charge in [-0.05, 0) is 43.5 Å². The molecule has 4 aromatic rings. The molecule has 11 nitrogen and oxygen atoms in total. The number of aromatic nitrogens is 3. The molecule has 196 valence electrons. The van der Waals surface area contributed by atoms with Gasteiger partial charge in [0.2, 0.25) is 11.9 Å². The van der Waals surface area contributed by atoms with E-state index in [1.165, 1.54) is 34.7 Å². The average molecular weight is 542 g/mol. The fraction of sp³-hybridized carbons (Fsp3) is 0.185. The summed E-state index contributed by atoms with van der Waals surface area (Å²) in [7, 11) is 0. The summed E-state index contributed by atoms with van der Waals surface area (Å²) in [6, 6.07) is 10.0. The SMILES string of the molecule is C=CC(=O)NC1CCC[C@H]1NC(=O)c1sc2nccc3c2c1NC(=O)N3c1ncc(Oc2ccccc2)cn1. The van der Waals surface area contributed by atoms with Crippen LogP contribution in [0.2, 0.25) is 0 Å². The number of hydrogen-bond donors (Lipinski definition) is 3. The number of benzene rings is 1. The number of thiophene rings is 1. The fourth-order valence-electron chi connectivity index (χ4n) is 4.83. The van der Waals surface area contributed by atoms with Crippen molar-refractivity contribution < 1.29 is 19.1 Å². The van der Waals surface area contributed by atoms with Crippen LogP contribution < -0.4 is 25.6 Å². The number of anilines is 3. The van der Waals surface area contributed by atoms with Crippen LogP contribution in [-0.2, 0) is 4.79 Å². The van der Waals surface area contributed by atoms with Gasteiger partial charge in [-0.25, -0.2) is 24.6 Å². The number of carbonyl (C=O) groups is 3. The normalized spacial score (nSPS) is 17.9. The molecule has 2 aliphatic rings. The molecule has 1 unspecified atom stereocenters. The van der Waals surface area contributed by atoms with Gasteiger partial charge in [0.1, 0.15) is 15.5 Å². The molecule has 0 bridgehead atoms. The highest BCUT2D eigenvalue weighted by Crippen LogP contribution is 2.45. The van der Waals surface area contributed by atoms with Crippen molar-refractivity contribution in [3.8, 4) is 11.5 Å². The molecule has 12 heteroatoms. The van der Waals surface area contributed by atoms with Crippen LogP contribution in [0.5, 0.6) is 11.5 Å². The Morgan fingerprint density at radius 2 is 1.79 bits per heavy atom. The quantitative estimate of drug-likeness (QED) is 0.293. The summed E-state index contributed by atoms with van der Waals surface area (Å²) in [5, 5.41) is 9.37. The van der Waals surface area contributed by atoms with Crippen LogP contribution in [-0.4, -0.2) is 44.9 Å². The van der Waals surface area contributed by atoms with E-state index in [9.17, 15) is 14.4 Å². The molecule has 1 fully saturated rings. The van der Waals surface area contributed by atoms with Crippen LogP contribution in [0.25, 0.3) is 10.2 Å². The van der Waals surface area contributed by atoms with E-state index in [0.29, 0.717) is 38.0 Å². The van der Waals surface area contributed by atoms with E-state index in [1.807, 2.05) is 30.3 Å². The number of amides is 4. The lowest BCUT2D eigenvalue weighted by molar-refractivity contribution is -0.117. The number of hydrogen-bond acceptors (Lipinski definition) is 8. The maximum Gasteiger partial charge on any atom is 0.333 e. The predicted octanol–water partition coefficient (Wildman–Crippen LogP) is 4.52. The smallest absolute Gasteiger partial charge is 0.333 e. The van der Waals surface area contributed by atoms with Crippen molar-refractivity contribution in [1.29, 1.82) is 0 Å². The van der Waals surface area contributed by atoms with Crippen molar-refractivity contribution >= 4 is 56.7 Å². The van der Waals surface area contributed by atoms with Gasteiger partial charge in [-0.15, -0.1) is 11.3 Å². The zero-order chi connectivity index (χ0) is 26.9. The largest absolute Gasteiger partial charge is 0.454 e. The number of ether oxygens (including phenoxy) is 1. The standard InChI is InChI=1S/C27H23N7O4S/c1-2-20(35)31-17-9-6-10-18(17)32-24(36)23-22-21-19(11-12-28-25(21)39-23)34(27(37)33-22)26-29-13-16(14-30-26)38-15-7-4-3-5-8-15/h2-5,7-8,11-14,17-18H,1,6,9-10H2,(H,31,35)(H,32,36)(H,33,37)/t17?,18-/m1/s1. The Kier molecular flexibility index (Phi) is 6.37. The third kappa shape index (κ3) is 4.66. The molecular weight excluding hydrogens is 518 g/mol. The first kappa shape index (κ1) is 24.5. The van der Waals surface area contributed by atoms with E-state index in [-0.39, 0.29) is 29.8 Å². The molecule has 39 heavy (non-hydrogen) atoms. The zero-order valence-corrected chi connectivity index (χ0v) is 21.4. The minimum absolute atomic E-state index is 0.148. The number of carbonyl (C=O) groups excluding carboxylic acids is 3. The molecule has 4 heterocycles. The van der Waals surface area contributed by atoms with Crippen molar-refractivity contribution in [2.45, 2.75) is 31.3 Å². The number of nitrogens with one attached hydrogen (secondary N) is 3. The van der Waals surface area contributed by atoms with Crippen molar-refractivity contribution in [2.24, 2.45) is 0 Å². The Hall–Kier alpha value is -4.84. The summed E-state index contributed by atoms with van der Waals surface area (Å²) >= 11 is 1.19. The summed E-state index contributed by atoms with van der Waals surface area (Å²) in [5.41, 5.74) is 0.910. The average Bonchev–Trinajstić information content (AvgIpc) is 3.54. The Bertz CT molecular complexity index is 1590. The van der Waals surface area contributed by atoms with Gasteiger partial charge in [0.25, 0.3) is 5.91 Å². The van der Waals surface area contributed by atoms with Gasteiger partial charge in [0.15, 0.2) is 5.75 Å². The highest BCUT2D eigenvalue weighted by Gasteiger charge is 2.36. The second-order valence-corrected chi connectivity index (χ2v) is 10.0. The highest BCUT2D eigenvalue weighted by atomic mass is 32.1. The summed E-state index contributed by atoms with van der Waals surface area (Å²) < 4.78 is 5.76. The number of pyridine rings is 1. The van der Waals surface area contributed by atoms with Crippen molar-refractivity contribution in [3.63, 3.8) is 0 Å². The summed E-state index contributed by atoms with van der Waals surface area (Å²) in [5.74, 6) is 0.598. The van der Waals surface area contributed by atoms with Gasteiger partial charge in [-0.3, -0.25) is 9.59 Å². The minimum atomic E-state index is -0.504. The lowest BCUT2D eigenvalue weighted by atomic mass is 10.1. The summed E-state index contributed by atoms with van der Waals surface area (Å²) in [6.45, 7) is 3.49. The maximum atomic E-state index is 13.4. The van der Waals surface area contributed by atoms with Crippen LogP contribution in [0, 0.1) is 0 Å². The number of nitrogens with zero attached hydrogens (tertiary/aromatic N) is 4. The van der Waals surface area contributed by atoms with Gasteiger partial charge in [-0.1, -0.05) is 24.8 Å². The molecule has 3 aromatic heterocycles. The van der Waals surface area contributed by atoms with Crippen LogP contribution in [0.15, 0.2) is 67.6 Å². The second kappa shape index (κ2) is 10.1. The van der Waals surface area contributed by atoms with E-state index < -0.39 is 6.03 Å². The highest BCUT2D eigenvalue weighted by molar-refractivity contribution is 7.21. The zero-order valence-electron chi connectivity index (χ0n) is 20.6. The molecule has 6 rings (SSSR count). The Balaban J connectivity index is 1.27. The van der Waals surface area contributed by atoms with E-state index in [1.54, 1.807) is 12.3 Å². The third-order valence-corrected chi connectivity index (χ3v) is 7.69. The van der Waals surface area contributed by atoms with Crippen molar-refractivity contribution in [2.75, 3.05) is 10.2 Å². The fourth-order valence-corrected chi connectivity index (χ4v) is 5.85. The second-order valence-electron chi connectivity index (χ2n) is 9.05. The topological polar surface area (TPSA) is 138 Å². The minimum Gasteiger partial charge on any atom is -0.454 e. The van der Waals surface area contributed by atoms with E-state index in [4.69, 9.17) is 4.74 Å². The molecule has 3 N–H and O–H groups in total. The summed E-state index contributed by atoms with van der Waals surface area (Å²) in [4.78, 5) is 53.9. The molecule has 2 atom stereocenters. The van der Waals surface area contributed by atoms with Crippen LogP contribution in [0.4, 0.5) is 22.1 Å². The molecular formula is C27H23N7O4S. The van der Waals surface area contributed by atoms with Gasteiger partial charge >= 0.3 is 6.03 Å². The lowest BCUT2D eigenvalue weighted by Gasteiger charge is -2.26.